The highest BCUT2D eigenvalue weighted by molar-refractivity contribution is 8.13. The summed E-state index contributed by atoms with van der Waals surface area (Å²) in [7, 11) is -2.47. The molecule has 0 heterocycles. The number of rotatable bonds is 4. The maximum atomic E-state index is 12.3. The summed E-state index contributed by atoms with van der Waals surface area (Å²) in [4.78, 5) is -0.314. The van der Waals surface area contributed by atoms with Crippen molar-refractivity contribution in [2.45, 2.75) is 47.9 Å². The minimum absolute atomic E-state index is 0.0904. The van der Waals surface area contributed by atoms with Gasteiger partial charge in [0.15, 0.2) is 0 Å². The third-order valence-electron chi connectivity index (χ3n) is 3.49. The summed E-state index contributed by atoms with van der Waals surface area (Å²) < 4.78 is 49.8. The van der Waals surface area contributed by atoms with Crippen molar-refractivity contribution < 1.29 is 16.8 Å². The molecule has 5 nitrogen and oxygen atoms in total. The first-order valence-corrected chi connectivity index (χ1v) is 10.0. The standard InChI is InChI=1S/C12H16ClNO4S2/c1-12(7-2-3-8-12)14-20(17,18)11-6-4-5-10(9-11)19(13,15)16/h4-6,9,14H,2-3,7-8H2,1H3. The van der Waals surface area contributed by atoms with E-state index < -0.39 is 24.6 Å². The molecule has 1 aromatic carbocycles. The Balaban J connectivity index is 2.35. The summed E-state index contributed by atoms with van der Waals surface area (Å²) >= 11 is 0. The molecule has 1 aliphatic carbocycles. The fourth-order valence-corrected chi connectivity index (χ4v) is 4.82. The van der Waals surface area contributed by atoms with Gasteiger partial charge in [0, 0.05) is 16.2 Å². The van der Waals surface area contributed by atoms with Crippen LogP contribution in [0.1, 0.15) is 32.6 Å². The van der Waals surface area contributed by atoms with Crippen LogP contribution < -0.4 is 4.72 Å². The lowest BCUT2D eigenvalue weighted by molar-refractivity contribution is 0.427. The molecular formula is C12H16ClNO4S2. The van der Waals surface area contributed by atoms with Crippen molar-refractivity contribution in [1.29, 1.82) is 0 Å². The molecule has 2 rings (SSSR count). The monoisotopic (exact) mass is 337 g/mol. The summed E-state index contributed by atoms with van der Waals surface area (Å²) in [5.41, 5.74) is -0.464. The minimum atomic E-state index is -3.95. The second-order valence-corrected chi connectivity index (χ2v) is 9.53. The molecule has 0 amide bonds. The molecule has 1 saturated carbocycles. The minimum Gasteiger partial charge on any atom is -0.207 e. The molecule has 20 heavy (non-hydrogen) atoms. The van der Waals surface area contributed by atoms with Crippen LogP contribution in [0.25, 0.3) is 0 Å². The predicted octanol–water partition coefficient (Wildman–Crippen LogP) is 2.23. The van der Waals surface area contributed by atoms with Crippen LogP contribution in [-0.4, -0.2) is 22.4 Å². The van der Waals surface area contributed by atoms with Gasteiger partial charge in [-0.05, 0) is 38.0 Å². The van der Waals surface area contributed by atoms with Gasteiger partial charge in [-0.2, -0.15) is 0 Å². The highest BCUT2D eigenvalue weighted by Crippen LogP contribution is 2.31. The average Bonchev–Trinajstić information content (AvgIpc) is 2.74. The zero-order chi connectivity index (χ0) is 15.0. The van der Waals surface area contributed by atoms with Crippen molar-refractivity contribution in [2.24, 2.45) is 0 Å². The summed E-state index contributed by atoms with van der Waals surface area (Å²) in [6.45, 7) is 1.86. The number of nitrogens with one attached hydrogen (secondary N) is 1. The number of halogens is 1. The fourth-order valence-electron chi connectivity index (χ4n) is 2.43. The van der Waals surface area contributed by atoms with Gasteiger partial charge in [0.1, 0.15) is 0 Å². The van der Waals surface area contributed by atoms with Gasteiger partial charge < -0.3 is 0 Å². The van der Waals surface area contributed by atoms with Gasteiger partial charge in [-0.1, -0.05) is 18.9 Å². The SMILES string of the molecule is CC1(NS(=O)(=O)c2cccc(S(=O)(=O)Cl)c2)CCCC1. The van der Waals surface area contributed by atoms with Crippen molar-refractivity contribution in [3.8, 4) is 0 Å². The van der Waals surface area contributed by atoms with Crippen LogP contribution in [0.5, 0.6) is 0 Å². The van der Waals surface area contributed by atoms with Crippen LogP contribution in [0.4, 0.5) is 0 Å². The summed E-state index contributed by atoms with van der Waals surface area (Å²) in [5.74, 6) is 0. The van der Waals surface area contributed by atoms with Gasteiger partial charge in [-0.25, -0.2) is 21.6 Å². The highest BCUT2D eigenvalue weighted by atomic mass is 35.7. The van der Waals surface area contributed by atoms with Crippen molar-refractivity contribution >= 4 is 29.8 Å². The van der Waals surface area contributed by atoms with E-state index in [0.29, 0.717) is 0 Å². The molecule has 0 saturated heterocycles. The van der Waals surface area contributed by atoms with E-state index in [1.54, 1.807) is 0 Å². The molecule has 0 radical (unpaired) electrons. The molecule has 112 valence electrons. The Morgan fingerprint density at radius 3 is 2.20 bits per heavy atom. The maximum Gasteiger partial charge on any atom is 0.261 e. The lowest BCUT2D eigenvalue weighted by Crippen LogP contribution is -2.43. The molecule has 1 aliphatic rings. The van der Waals surface area contributed by atoms with Gasteiger partial charge in [-0.3, -0.25) is 0 Å². The molecular weight excluding hydrogens is 322 g/mol. The normalized spacial score (nSPS) is 19.1. The Labute approximate surface area is 123 Å². The quantitative estimate of drug-likeness (QED) is 0.854. The molecule has 0 aliphatic heterocycles. The molecule has 0 unspecified atom stereocenters. The van der Waals surface area contributed by atoms with Gasteiger partial charge in [0.2, 0.25) is 10.0 Å². The summed E-state index contributed by atoms with van der Waals surface area (Å²) in [6, 6.07) is 5.05. The molecule has 0 atom stereocenters. The molecule has 0 aromatic heterocycles. The lowest BCUT2D eigenvalue weighted by atomic mass is 10.0. The van der Waals surface area contributed by atoms with Crippen molar-refractivity contribution in [1.82, 2.24) is 4.72 Å². The van der Waals surface area contributed by atoms with Gasteiger partial charge in [0.25, 0.3) is 9.05 Å². The van der Waals surface area contributed by atoms with Crippen LogP contribution in [0.15, 0.2) is 34.1 Å². The molecule has 1 aromatic rings. The van der Waals surface area contributed by atoms with E-state index in [9.17, 15) is 16.8 Å². The van der Waals surface area contributed by atoms with Crippen molar-refractivity contribution in [2.75, 3.05) is 0 Å². The highest BCUT2D eigenvalue weighted by Gasteiger charge is 2.33. The van der Waals surface area contributed by atoms with E-state index in [1.165, 1.54) is 18.2 Å². The van der Waals surface area contributed by atoms with Crippen LogP contribution in [-0.2, 0) is 19.1 Å². The summed E-state index contributed by atoms with van der Waals surface area (Å²) in [5, 5.41) is 0. The average molecular weight is 338 g/mol. The Morgan fingerprint density at radius 2 is 1.65 bits per heavy atom. The van der Waals surface area contributed by atoms with E-state index in [0.717, 1.165) is 31.7 Å². The second-order valence-electron chi connectivity index (χ2n) is 5.29. The van der Waals surface area contributed by atoms with Crippen LogP contribution in [0.2, 0.25) is 0 Å². The molecule has 8 heteroatoms. The van der Waals surface area contributed by atoms with Crippen LogP contribution in [0, 0.1) is 0 Å². The van der Waals surface area contributed by atoms with E-state index in [4.69, 9.17) is 10.7 Å². The maximum absolute atomic E-state index is 12.3. The van der Waals surface area contributed by atoms with Crippen LogP contribution in [0.3, 0.4) is 0 Å². The first-order valence-electron chi connectivity index (χ1n) is 6.21. The van der Waals surface area contributed by atoms with Crippen LogP contribution >= 0.6 is 10.7 Å². The zero-order valence-electron chi connectivity index (χ0n) is 11.0. The predicted molar refractivity (Wildman–Crippen MR) is 76.7 cm³/mol. The van der Waals surface area contributed by atoms with E-state index in [2.05, 4.69) is 4.72 Å². The smallest absolute Gasteiger partial charge is 0.207 e. The Bertz CT molecular complexity index is 707. The number of hydrogen-bond acceptors (Lipinski definition) is 4. The number of hydrogen-bond donors (Lipinski definition) is 1. The Kier molecular flexibility index (Phi) is 4.17. The van der Waals surface area contributed by atoms with Crippen molar-refractivity contribution in [3.63, 3.8) is 0 Å². The third kappa shape index (κ3) is 3.52. The fraction of sp³-hybridized carbons (Fsp3) is 0.500. The largest absolute Gasteiger partial charge is 0.261 e. The lowest BCUT2D eigenvalue weighted by Gasteiger charge is -2.24. The van der Waals surface area contributed by atoms with E-state index in [-0.39, 0.29) is 9.79 Å². The molecule has 1 fully saturated rings. The number of benzene rings is 1. The first-order chi connectivity index (χ1) is 9.12. The van der Waals surface area contributed by atoms with Gasteiger partial charge >= 0.3 is 0 Å². The van der Waals surface area contributed by atoms with Gasteiger partial charge in [0.05, 0.1) is 9.79 Å². The topological polar surface area (TPSA) is 80.3 Å². The summed E-state index contributed by atoms with van der Waals surface area (Å²) in [6.07, 6.45) is 3.52. The van der Waals surface area contributed by atoms with Gasteiger partial charge in [-0.15, -0.1) is 0 Å². The molecule has 0 spiro atoms. The Hall–Kier alpha value is -0.630. The van der Waals surface area contributed by atoms with Crippen molar-refractivity contribution in [3.05, 3.63) is 24.3 Å². The van der Waals surface area contributed by atoms with E-state index in [1.807, 2.05) is 6.92 Å². The number of sulfonamides is 1. The molecule has 1 N–H and O–H groups in total. The Morgan fingerprint density at radius 1 is 1.10 bits per heavy atom. The first kappa shape index (κ1) is 15.8. The van der Waals surface area contributed by atoms with E-state index >= 15 is 0 Å². The second kappa shape index (κ2) is 5.29. The zero-order valence-corrected chi connectivity index (χ0v) is 13.4. The molecule has 0 bridgehead atoms. The third-order valence-corrected chi connectivity index (χ3v) is 6.47.